The van der Waals surface area contributed by atoms with Crippen LogP contribution in [0, 0.1) is 5.41 Å². The summed E-state index contributed by atoms with van der Waals surface area (Å²) in [6.45, 7) is 7.03. The molecule has 0 bridgehead atoms. The smallest absolute Gasteiger partial charge is 0.267 e. The third-order valence-electron chi connectivity index (χ3n) is 2.20. The van der Waals surface area contributed by atoms with Crippen molar-refractivity contribution in [3.8, 4) is 0 Å². The molecule has 0 saturated carbocycles. The molecular weight excluding hydrogens is 284 g/mol. The molecule has 1 aromatic heterocycles. The maximum Gasteiger partial charge on any atom is 0.267 e. The zero-order valence-electron chi connectivity index (χ0n) is 10.4. The number of nitrogens with zero attached hydrogens (tertiary/aromatic N) is 1. The van der Waals surface area contributed by atoms with E-state index in [0.717, 1.165) is 6.42 Å². The highest BCUT2D eigenvalue weighted by atomic mass is 79.9. The first kappa shape index (κ1) is 14.2. The van der Waals surface area contributed by atoms with Crippen LogP contribution in [0.5, 0.6) is 0 Å². The number of hydrogen-bond acceptors (Lipinski definition) is 4. The fourth-order valence-electron chi connectivity index (χ4n) is 1.59. The van der Waals surface area contributed by atoms with E-state index in [9.17, 15) is 4.79 Å². The monoisotopic (exact) mass is 302 g/mol. The number of halogens is 1. The summed E-state index contributed by atoms with van der Waals surface area (Å²) < 4.78 is 0.406. The van der Waals surface area contributed by atoms with Crippen molar-refractivity contribution in [3.63, 3.8) is 0 Å². The third kappa shape index (κ3) is 4.87. The first-order valence-corrected chi connectivity index (χ1v) is 6.31. The molecule has 1 aromatic rings. The number of H-pyrrole nitrogens is 1. The van der Waals surface area contributed by atoms with Crippen molar-refractivity contribution >= 4 is 21.7 Å². The highest BCUT2D eigenvalue weighted by Gasteiger charge is 2.16. The van der Waals surface area contributed by atoms with E-state index in [0.29, 0.717) is 16.8 Å². The van der Waals surface area contributed by atoms with Crippen LogP contribution in [0.25, 0.3) is 0 Å². The average molecular weight is 303 g/mol. The maximum atomic E-state index is 11.3. The standard InChI is InChI=1S/C11H19BrN4O/c1-11(2,3)4-7(13)5-14-9-8(12)10(17)16-6-15-9/h6-7H,4-5,13H2,1-3H3,(H2,14,15,16,17). The molecule has 0 fully saturated rings. The minimum atomic E-state index is -0.202. The minimum Gasteiger partial charge on any atom is -0.367 e. The van der Waals surface area contributed by atoms with Gasteiger partial charge in [0.1, 0.15) is 10.3 Å². The van der Waals surface area contributed by atoms with Gasteiger partial charge in [-0.1, -0.05) is 20.8 Å². The van der Waals surface area contributed by atoms with Crippen molar-refractivity contribution in [1.29, 1.82) is 0 Å². The SMILES string of the molecule is CC(C)(C)CC(N)CNc1nc[nH]c(=O)c1Br. The Kier molecular flexibility index (Phi) is 4.70. The number of nitrogens with two attached hydrogens (primary N) is 1. The Morgan fingerprint density at radius 3 is 2.82 bits per heavy atom. The van der Waals surface area contributed by atoms with Gasteiger partial charge >= 0.3 is 0 Å². The Morgan fingerprint density at radius 1 is 1.59 bits per heavy atom. The van der Waals surface area contributed by atoms with Crippen LogP contribution in [0.15, 0.2) is 15.6 Å². The molecule has 0 spiro atoms. The van der Waals surface area contributed by atoms with Crippen molar-refractivity contribution in [1.82, 2.24) is 9.97 Å². The topological polar surface area (TPSA) is 83.8 Å². The van der Waals surface area contributed by atoms with Gasteiger partial charge in [0.2, 0.25) is 0 Å². The lowest BCUT2D eigenvalue weighted by molar-refractivity contribution is 0.344. The van der Waals surface area contributed by atoms with Crippen LogP contribution in [-0.2, 0) is 0 Å². The van der Waals surface area contributed by atoms with Gasteiger partial charge in [0.05, 0.1) is 6.33 Å². The van der Waals surface area contributed by atoms with Crippen molar-refractivity contribution in [2.45, 2.75) is 33.2 Å². The van der Waals surface area contributed by atoms with E-state index in [1.54, 1.807) is 0 Å². The normalized spacial score (nSPS) is 13.5. The molecular formula is C11H19BrN4O. The Labute approximate surface area is 109 Å². The first-order valence-electron chi connectivity index (χ1n) is 5.52. The fourth-order valence-corrected chi connectivity index (χ4v) is 1.95. The molecule has 1 rings (SSSR count). The van der Waals surface area contributed by atoms with Gasteiger partial charge in [0, 0.05) is 12.6 Å². The van der Waals surface area contributed by atoms with Crippen LogP contribution in [0.3, 0.4) is 0 Å². The summed E-state index contributed by atoms with van der Waals surface area (Å²) in [5.74, 6) is 0.526. The molecule has 0 radical (unpaired) electrons. The van der Waals surface area contributed by atoms with Crippen molar-refractivity contribution in [3.05, 3.63) is 21.2 Å². The highest BCUT2D eigenvalue weighted by Crippen LogP contribution is 2.20. The minimum absolute atomic E-state index is 0.0305. The van der Waals surface area contributed by atoms with Crippen molar-refractivity contribution < 1.29 is 0 Å². The van der Waals surface area contributed by atoms with Gasteiger partial charge in [-0.25, -0.2) is 4.98 Å². The number of nitrogens with one attached hydrogen (secondary N) is 2. The van der Waals surface area contributed by atoms with Gasteiger partial charge in [0.25, 0.3) is 5.56 Å². The van der Waals surface area contributed by atoms with Crippen LogP contribution in [0.2, 0.25) is 0 Å². The van der Waals surface area contributed by atoms with E-state index >= 15 is 0 Å². The lowest BCUT2D eigenvalue weighted by atomic mass is 9.88. The van der Waals surface area contributed by atoms with Crippen molar-refractivity contribution in [2.24, 2.45) is 11.1 Å². The second-order valence-corrected chi connectivity index (χ2v) is 6.09. The molecule has 0 aliphatic heterocycles. The molecule has 17 heavy (non-hydrogen) atoms. The molecule has 1 unspecified atom stereocenters. The summed E-state index contributed by atoms with van der Waals surface area (Å²) in [6, 6.07) is 0.0305. The Hall–Kier alpha value is -0.880. The van der Waals surface area contributed by atoms with E-state index in [1.165, 1.54) is 6.33 Å². The summed E-state index contributed by atoms with van der Waals surface area (Å²) in [5, 5.41) is 3.07. The lowest BCUT2D eigenvalue weighted by Gasteiger charge is -2.23. The van der Waals surface area contributed by atoms with E-state index in [4.69, 9.17) is 5.73 Å². The maximum absolute atomic E-state index is 11.3. The second kappa shape index (κ2) is 5.64. The first-order chi connectivity index (χ1) is 7.79. The molecule has 4 N–H and O–H groups in total. The molecule has 5 nitrogen and oxygen atoms in total. The molecule has 1 atom stereocenters. The highest BCUT2D eigenvalue weighted by molar-refractivity contribution is 9.10. The van der Waals surface area contributed by atoms with E-state index in [2.05, 4.69) is 52.0 Å². The van der Waals surface area contributed by atoms with Crippen LogP contribution in [0.1, 0.15) is 27.2 Å². The molecule has 6 heteroatoms. The van der Waals surface area contributed by atoms with Crippen LogP contribution >= 0.6 is 15.9 Å². The molecule has 0 aliphatic rings. The van der Waals surface area contributed by atoms with Gasteiger partial charge in [-0.3, -0.25) is 4.79 Å². The van der Waals surface area contributed by atoms with Gasteiger partial charge in [0.15, 0.2) is 0 Å². The van der Waals surface area contributed by atoms with E-state index < -0.39 is 0 Å². The predicted octanol–water partition coefficient (Wildman–Crippen LogP) is 1.71. The zero-order valence-corrected chi connectivity index (χ0v) is 12.0. The zero-order chi connectivity index (χ0) is 13.1. The van der Waals surface area contributed by atoms with Gasteiger partial charge in [-0.15, -0.1) is 0 Å². The number of aromatic nitrogens is 2. The van der Waals surface area contributed by atoms with Gasteiger partial charge in [-0.2, -0.15) is 0 Å². The lowest BCUT2D eigenvalue weighted by Crippen LogP contribution is -2.33. The number of hydrogen-bond donors (Lipinski definition) is 3. The second-order valence-electron chi connectivity index (χ2n) is 5.30. The number of anilines is 1. The van der Waals surface area contributed by atoms with Crippen molar-refractivity contribution in [2.75, 3.05) is 11.9 Å². The Balaban J connectivity index is 2.56. The van der Waals surface area contributed by atoms with Gasteiger partial charge in [-0.05, 0) is 27.8 Å². The number of rotatable bonds is 4. The summed E-state index contributed by atoms with van der Waals surface area (Å²) in [7, 11) is 0. The summed E-state index contributed by atoms with van der Waals surface area (Å²) in [5.41, 5.74) is 6.00. The Morgan fingerprint density at radius 2 is 2.24 bits per heavy atom. The quantitative estimate of drug-likeness (QED) is 0.790. The summed E-state index contributed by atoms with van der Waals surface area (Å²) in [4.78, 5) is 17.8. The molecule has 1 heterocycles. The van der Waals surface area contributed by atoms with Crippen LogP contribution in [-0.4, -0.2) is 22.6 Å². The molecule has 96 valence electrons. The average Bonchev–Trinajstić information content (AvgIpc) is 2.18. The summed E-state index contributed by atoms with van der Waals surface area (Å²) in [6.07, 6.45) is 2.27. The Bertz CT molecular complexity index is 424. The van der Waals surface area contributed by atoms with Gasteiger partial charge < -0.3 is 16.0 Å². The molecule has 0 saturated heterocycles. The molecule has 0 amide bonds. The summed E-state index contributed by atoms with van der Waals surface area (Å²) >= 11 is 3.18. The van der Waals surface area contributed by atoms with Crippen LogP contribution in [0.4, 0.5) is 5.82 Å². The third-order valence-corrected chi connectivity index (χ3v) is 2.94. The number of aromatic amines is 1. The van der Waals surface area contributed by atoms with Crippen LogP contribution < -0.4 is 16.6 Å². The largest absolute Gasteiger partial charge is 0.367 e. The molecule has 0 aliphatic carbocycles. The van der Waals surface area contributed by atoms with E-state index in [1.807, 2.05) is 0 Å². The predicted molar refractivity (Wildman–Crippen MR) is 73.1 cm³/mol. The fraction of sp³-hybridized carbons (Fsp3) is 0.636. The van der Waals surface area contributed by atoms with E-state index in [-0.39, 0.29) is 17.0 Å². The molecule has 0 aromatic carbocycles.